The van der Waals surface area contributed by atoms with Crippen LogP contribution in [-0.2, 0) is 4.74 Å². The number of hydrogen-bond donors (Lipinski definition) is 1. The number of aromatic nitrogens is 3. The Kier molecular flexibility index (Phi) is 2.91. The third-order valence-corrected chi connectivity index (χ3v) is 2.42. The topological polar surface area (TPSA) is 67.9 Å². The molecule has 1 N–H and O–H groups in total. The summed E-state index contributed by atoms with van der Waals surface area (Å²) in [4.78, 5) is 22.6. The van der Waals surface area contributed by atoms with Crippen molar-refractivity contribution in [3.05, 3.63) is 35.3 Å². The fraction of sp³-hybridized carbons (Fsp3) is 0.250. The molecule has 0 fully saturated rings. The molecule has 0 aliphatic heterocycles. The second-order valence-electron chi connectivity index (χ2n) is 3.82. The zero-order chi connectivity index (χ0) is 12.4. The molecule has 0 aromatic carbocycles. The molecule has 88 valence electrons. The number of nitrogens with one attached hydrogen (secondary N) is 1. The van der Waals surface area contributed by atoms with E-state index >= 15 is 0 Å². The minimum absolute atomic E-state index is 0.323. The number of rotatable bonds is 2. The van der Waals surface area contributed by atoms with Crippen molar-refractivity contribution >= 4 is 5.97 Å². The average Bonchev–Trinajstić information content (AvgIpc) is 2.77. The molecule has 2 rings (SSSR count). The lowest BCUT2D eigenvalue weighted by Gasteiger charge is -2.02. The van der Waals surface area contributed by atoms with Gasteiger partial charge in [0.2, 0.25) is 0 Å². The minimum Gasteiger partial charge on any atom is -0.464 e. The molecule has 0 saturated carbocycles. The number of carbonyl (C=O) groups is 1. The van der Waals surface area contributed by atoms with Gasteiger partial charge in [0.05, 0.1) is 13.3 Å². The van der Waals surface area contributed by atoms with E-state index in [0.29, 0.717) is 11.5 Å². The normalized spacial score (nSPS) is 10.3. The van der Waals surface area contributed by atoms with E-state index in [0.717, 1.165) is 16.8 Å². The predicted molar refractivity (Wildman–Crippen MR) is 62.6 cm³/mol. The van der Waals surface area contributed by atoms with Crippen LogP contribution < -0.4 is 0 Å². The zero-order valence-corrected chi connectivity index (χ0v) is 9.94. The van der Waals surface area contributed by atoms with Gasteiger partial charge in [0.25, 0.3) is 0 Å². The maximum Gasteiger partial charge on any atom is 0.356 e. The lowest BCUT2D eigenvalue weighted by atomic mass is 10.1. The van der Waals surface area contributed by atoms with Crippen LogP contribution in [0.15, 0.2) is 18.5 Å². The molecule has 5 nitrogen and oxygen atoms in total. The molecule has 0 aliphatic rings. The summed E-state index contributed by atoms with van der Waals surface area (Å²) in [5.74, 6) is 0.136. The standard InChI is InChI=1S/C12H13N3O2/c1-7-4-8(2)10(13-5-7)11-14-6-9(15-11)12(16)17-3/h4-6H,1-3H3,(H,14,15). The van der Waals surface area contributed by atoms with Crippen LogP contribution in [0.3, 0.4) is 0 Å². The summed E-state index contributed by atoms with van der Waals surface area (Å²) in [5.41, 5.74) is 3.16. The van der Waals surface area contributed by atoms with Crippen molar-refractivity contribution < 1.29 is 9.53 Å². The lowest BCUT2D eigenvalue weighted by Crippen LogP contribution is -2.01. The van der Waals surface area contributed by atoms with E-state index in [1.165, 1.54) is 13.3 Å². The number of carbonyl (C=O) groups excluding carboxylic acids is 1. The first-order valence-electron chi connectivity index (χ1n) is 5.18. The van der Waals surface area contributed by atoms with Crippen LogP contribution >= 0.6 is 0 Å². The van der Waals surface area contributed by atoms with E-state index in [2.05, 4.69) is 19.7 Å². The molecule has 0 spiro atoms. The molecule has 0 radical (unpaired) electrons. The van der Waals surface area contributed by atoms with Crippen molar-refractivity contribution in [1.29, 1.82) is 0 Å². The van der Waals surface area contributed by atoms with Gasteiger partial charge in [0, 0.05) is 6.20 Å². The fourth-order valence-corrected chi connectivity index (χ4v) is 1.62. The monoisotopic (exact) mass is 231 g/mol. The van der Waals surface area contributed by atoms with Crippen molar-refractivity contribution in [3.8, 4) is 11.5 Å². The second kappa shape index (κ2) is 4.37. The van der Waals surface area contributed by atoms with E-state index in [1.54, 1.807) is 6.20 Å². The highest BCUT2D eigenvalue weighted by atomic mass is 16.5. The Morgan fingerprint density at radius 3 is 2.71 bits per heavy atom. The Labute approximate surface area is 98.9 Å². The first kappa shape index (κ1) is 11.3. The molecule has 0 saturated heterocycles. The van der Waals surface area contributed by atoms with Crippen LogP contribution in [0.4, 0.5) is 0 Å². The van der Waals surface area contributed by atoms with Crippen LogP contribution in [0.25, 0.3) is 11.5 Å². The van der Waals surface area contributed by atoms with Gasteiger partial charge in [0.1, 0.15) is 11.4 Å². The van der Waals surface area contributed by atoms with Gasteiger partial charge in [-0.05, 0) is 25.0 Å². The molecule has 0 aliphatic carbocycles. The van der Waals surface area contributed by atoms with Crippen LogP contribution in [0.1, 0.15) is 21.6 Å². The molecular formula is C12H13N3O2. The summed E-state index contributed by atoms with van der Waals surface area (Å²) in [6.07, 6.45) is 3.21. The number of nitrogens with zero attached hydrogens (tertiary/aromatic N) is 2. The van der Waals surface area contributed by atoms with Gasteiger partial charge < -0.3 is 9.72 Å². The van der Waals surface area contributed by atoms with Crippen molar-refractivity contribution in [3.63, 3.8) is 0 Å². The number of pyridine rings is 1. The molecule has 5 heteroatoms. The summed E-state index contributed by atoms with van der Waals surface area (Å²) in [6, 6.07) is 2.02. The molecule has 2 aromatic heterocycles. The molecule has 0 atom stereocenters. The Balaban J connectivity index is 2.40. The number of esters is 1. The predicted octanol–water partition coefficient (Wildman–Crippen LogP) is 1.88. The highest BCUT2D eigenvalue weighted by molar-refractivity contribution is 5.87. The Hall–Kier alpha value is -2.17. The molecule has 2 heterocycles. The summed E-state index contributed by atoms with van der Waals surface area (Å²) in [7, 11) is 1.33. The summed E-state index contributed by atoms with van der Waals surface area (Å²) in [5, 5.41) is 0. The van der Waals surface area contributed by atoms with Crippen LogP contribution in [-0.4, -0.2) is 28.0 Å². The van der Waals surface area contributed by atoms with Gasteiger partial charge in [-0.2, -0.15) is 0 Å². The number of methoxy groups -OCH3 is 1. The minimum atomic E-state index is -0.437. The molecule has 17 heavy (non-hydrogen) atoms. The molecule has 0 amide bonds. The van der Waals surface area contributed by atoms with Gasteiger partial charge in [-0.1, -0.05) is 6.07 Å². The van der Waals surface area contributed by atoms with Gasteiger partial charge in [0.15, 0.2) is 5.82 Å². The van der Waals surface area contributed by atoms with Crippen molar-refractivity contribution in [2.24, 2.45) is 0 Å². The van der Waals surface area contributed by atoms with Gasteiger partial charge in [-0.3, -0.25) is 4.98 Å². The van der Waals surface area contributed by atoms with Crippen molar-refractivity contribution in [1.82, 2.24) is 15.0 Å². The van der Waals surface area contributed by atoms with E-state index < -0.39 is 5.97 Å². The maximum absolute atomic E-state index is 11.3. The van der Waals surface area contributed by atoms with Crippen molar-refractivity contribution in [2.45, 2.75) is 13.8 Å². The van der Waals surface area contributed by atoms with E-state index in [9.17, 15) is 4.79 Å². The van der Waals surface area contributed by atoms with Crippen LogP contribution in [0, 0.1) is 13.8 Å². The zero-order valence-electron chi connectivity index (χ0n) is 9.94. The molecule has 0 bridgehead atoms. The number of hydrogen-bond acceptors (Lipinski definition) is 4. The number of aryl methyl sites for hydroxylation is 2. The lowest BCUT2D eigenvalue weighted by molar-refractivity contribution is 0.0595. The van der Waals surface area contributed by atoms with Gasteiger partial charge in [-0.25, -0.2) is 9.78 Å². The number of imidazole rings is 1. The molecular weight excluding hydrogens is 218 g/mol. The molecule has 0 unspecified atom stereocenters. The van der Waals surface area contributed by atoms with Gasteiger partial charge >= 0.3 is 5.97 Å². The SMILES string of the molecule is COC(=O)c1cnc(-c2ncc(C)cc2C)[nH]1. The molecule has 2 aromatic rings. The Morgan fingerprint density at radius 2 is 2.06 bits per heavy atom. The highest BCUT2D eigenvalue weighted by Crippen LogP contribution is 2.18. The van der Waals surface area contributed by atoms with E-state index in [-0.39, 0.29) is 0 Å². The largest absolute Gasteiger partial charge is 0.464 e. The van der Waals surface area contributed by atoms with Crippen LogP contribution in [0.2, 0.25) is 0 Å². The summed E-state index contributed by atoms with van der Waals surface area (Å²) < 4.78 is 4.60. The average molecular weight is 231 g/mol. The summed E-state index contributed by atoms with van der Waals surface area (Å²) >= 11 is 0. The number of aromatic amines is 1. The van der Waals surface area contributed by atoms with Crippen molar-refractivity contribution in [2.75, 3.05) is 7.11 Å². The third kappa shape index (κ3) is 2.18. The maximum atomic E-state index is 11.3. The summed E-state index contributed by atoms with van der Waals surface area (Å²) in [6.45, 7) is 3.93. The fourth-order valence-electron chi connectivity index (χ4n) is 1.62. The van der Waals surface area contributed by atoms with Gasteiger partial charge in [-0.15, -0.1) is 0 Å². The number of ether oxygens (including phenoxy) is 1. The highest BCUT2D eigenvalue weighted by Gasteiger charge is 2.12. The van der Waals surface area contributed by atoms with E-state index in [4.69, 9.17) is 0 Å². The second-order valence-corrected chi connectivity index (χ2v) is 3.82. The smallest absolute Gasteiger partial charge is 0.356 e. The quantitative estimate of drug-likeness (QED) is 0.801. The number of H-pyrrole nitrogens is 1. The first-order valence-corrected chi connectivity index (χ1v) is 5.18. The first-order chi connectivity index (χ1) is 8.11. The van der Waals surface area contributed by atoms with E-state index in [1.807, 2.05) is 19.9 Å². The third-order valence-electron chi connectivity index (χ3n) is 2.42. The van der Waals surface area contributed by atoms with Crippen LogP contribution in [0.5, 0.6) is 0 Å². The Bertz CT molecular complexity index is 561. The Morgan fingerprint density at radius 1 is 1.29 bits per heavy atom.